The van der Waals surface area contributed by atoms with E-state index in [-0.39, 0.29) is 18.0 Å². The van der Waals surface area contributed by atoms with Crippen molar-refractivity contribution in [1.82, 2.24) is 9.97 Å². The molecular weight excluding hydrogens is 390 g/mol. The smallest absolute Gasteiger partial charge is 0.412 e. The number of ether oxygens (including phenoxy) is 2. The van der Waals surface area contributed by atoms with Gasteiger partial charge in [-0.15, -0.1) is 0 Å². The standard InChI is InChI=1S/C21H19N3O6/c1-29-20(27)17-7-12-13-8-16(19(25)26)23-18(13)15(9-14(12)22-17)24-21(28)30-10-11-5-3-2-4-6-11/h2-9,19,22-23,25-26H,10H2,1H3,(H,24,28). The number of amides is 1. The molecule has 2 heterocycles. The second kappa shape index (κ2) is 7.90. The molecule has 0 bridgehead atoms. The number of H-pyrrole nitrogens is 2. The van der Waals surface area contributed by atoms with E-state index in [4.69, 9.17) is 9.47 Å². The number of aliphatic hydroxyl groups is 2. The lowest BCUT2D eigenvalue weighted by Gasteiger charge is -2.09. The topological polar surface area (TPSA) is 137 Å². The lowest BCUT2D eigenvalue weighted by atomic mass is 10.1. The highest BCUT2D eigenvalue weighted by Gasteiger charge is 2.18. The quantitative estimate of drug-likeness (QED) is 0.254. The van der Waals surface area contributed by atoms with E-state index in [0.717, 1.165) is 5.56 Å². The zero-order chi connectivity index (χ0) is 21.3. The van der Waals surface area contributed by atoms with Gasteiger partial charge in [0.05, 0.1) is 24.0 Å². The molecule has 30 heavy (non-hydrogen) atoms. The van der Waals surface area contributed by atoms with Crippen LogP contribution < -0.4 is 5.32 Å². The van der Waals surface area contributed by atoms with Crippen LogP contribution in [0, 0.1) is 0 Å². The number of hydrogen-bond donors (Lipinski definition) is 5. The number of methoxy groups -OCH3 is 1. The molecule has 0 radical (unpaired) electrons. The predicted octanol–water partition coefficient (Wildman–Crippen LogP) is 3.17. The molecule has 154 valence electrons. The highest BCUT2D eigenvalue weighted by molar-refractivity contribution is 6.14. The SMILES string of the molecule is COC(=O)c1cc2c(cc(NC(=O)OCc3ccccc3)c3[nH]c(C(O)O)cc32)[nH]1. The van der Waals surface area contributed by atoms with Crippen molar-refractivity contribution in [3.05, 3.63) is 65.5 Å². The predicted molar refractivity (Wildman–Crippen MR) is 109 cm³/mol. The number of aromatic nitrogens is 2. The molecule has 4 rings (SSSR count). The van der Waals surface area contributed by atoms with Crippen LogP contribution in [-0.4, -0.2) is 39.4 Å². The van der Waals surface area contributed by atoms with Gasteiger partial charge in [0.2, 0.25) is 0 Å². The molecule has 2 aromatic heterocycles. The van der Waals surface area contributed by atoms with E-state index in [2.05, 4.69) is 15.3 Å². The Morgan fingerprint density at radius 2 is 1.83 bits per heavy atom. The van der Waals surface area contributed by atoms with E-state index >= 15 is 0 Å². The first kappa shape index (κ1) is 19.5. The molecule has 4 aromatic rings. The van der Waals surface area contributed by atoms with Crippen molar-refractivity contribution >= 4 is 39.6 Å². The molecule has 0 aliphatic rings. The fourth-order valence-corrected chi connectivity index (χ4v) is 3.25. The van der Waals surface area contributed by atoms with Gasteiger partial charge >= 0.3 is 12.1 Å². The number of benzene rings is 2. The highest BCUT2D eigenvalue weighted by Crippen LogP contribution is 2.34. The van der Waals surface area contributed by atoms with Crippen molar-refractivity contribution in [1.29, 1.82) is 0 Å². The maximum atomic E-state index is 12.3. The molecule has 0 aliphatic heterocycles. The summed E-state index contributed by atoms with van der Waals surface area (Å²) in [7, 11) is 1.27. The van der Waals surface area contributed by atoms with E-state index in [1.165, 1.54) is 13.2 Å². The van der Waals surface area contributed by atoms with Gasteiger partial charge in [-0.3, -0.25) is 5.32 Å². The third-order valence-corrected chi connectivity index (χ3v) is 4.67. The molecule has 0 unspecified atom stereocenters. The summed E-state index contributed by atoms with van der Waals surface area (Å²) in [5.74, 6) is -0.547. The Morgan fingerprint density at radius 3 is 2.53 bits per heavy atom. The number of rotatable bonds is 5. The van der Waals surface area contributed by atoms with Crippen molar-refractivity contribution in [2.45, 2.75) is 12.9 Å². The number of hydrogen-bond acceptors (Lipinski definition) is 6. The summed E-state index contributed by atoms with van der Waals surface area (Å²) in [6.07, 6.45) is -2.41. The number of esters is 1. The van der Waals surface area contributed by atoms with E-state index in [1.807, 2.05) is 30.3 Å². The van der Waals surface area contributed by atoms with Crippen molar-refractivity contribution < 1.29 is 29.3 Å². The van der Waals surface area contributed by atoms with Gasteiger partial charge in [0.1, 0.15) is 12.3 Å². The number of fused-ring (bicyclic) bond motifs is 3. The van der Waals surface area contributed by atoms with Crippen molar-refractivity contribution in [3.63, 3.8) is 0 Å². The number of aromatic amines is 2. The minimum absolute atomic E-state index is 0.0956. The Hall–Kier alpha value is -3.82. The summed E-state index contributed by atoms with van der Waals surface area (Å²) in [5, 5.41) is 23.0. The first-order valence-electron chi connectivity index (χ1n) is 9.06. The average molecular weight is 409 g/mol. The minimum Gasteiger partial charge on any atom is -0.464 e. The van der Waals surface area contributed by atoms with Gasteiger partial charge in [-0.1, -0.05) is 30.3 Å². The van der Waals surface area contributed by atoms with Gasteiger partial charge in [-0.05, 0) is 23.8 Å². The Bertz CT molecular complexity index is 1230. The molecule has 1 amide bonds. The largest absolute Gasteiger partial charge is 0.464 e. The monoisotopic (exact) mass is 409 g/mol. The first-order valence-corrected chi connectivity index (χ1v) is 9.06. The molecular formula is C21H19N3O6. The van der Waals surface area contributed by atoms with Crippen LogP contribution in [0.4, 0.5) is 10.5 Å². The highest BCUT2D eigenvalue weighted by atomic mass is 16.5. The number of carbonyl (C=O) groups is 2. The molecule has 0 fully saturated rings. The van der Waals surface area contributed by atoms with E-state index in [1.54, 1.807) is 12.1 Å². The molecule has 0 saturated heterocycles. The Morgan fingerprint density at radius 1 is 1.07 bits per heavy atom. The first-order chi connectivity index (χ1) is 14.5. The van der Waals surface area contributed by atoms with Crippen LogP contribution in [0.25, 0.3) is 21.8 Å². The second-order valence-electron chi connectivity index (χ2n) is 6.63. The molecule has 0 spiro atoms. The third kappa shape index (κ3) is 3.71. The normalized spacial score (nSPS) is 11.2. The lowest BCUT2D eigenvalue weighted by molar-refractivity contribution is -0.0453. The van der Waals surface area contributed by atoms with Crippen LogP contribution >= 0.6 is 0 Å². The lowest BCUT2D eigenvalue weighted by Crippen LogP contribution is -2.13. The summed E-state index contributed by atoms with van der Waals surface area (Å²) < 4.78 is 10.0. The summed E-state index contributed by atoms with van der Waals surface area (Å²) in [5.41, 5.74) is 2.56. The summed E-state index contributed by atoms with van der Waals surface area (Å²) >= 11 is 0. The van der Waals surface area contributed by atoms with Crippen LogP contribution in [0.5, 0.6) is 0 Å². The van der Waals surface area contributed by atoms with Crippen LogP contribution in [0.15, 0.2) is 48.5 Å². The maximum absolute atomic E-state index is 12.3. The Kier molecular flexibility index (Phi) is 5.13. The Labute approximate surface area is 170 Å². The minimum atomic E-state index is -1.73. The summed E-state index contributed by atoms with van der Waals surface area (Å²) in [4.78, 5) is 30.0. The van der Waals surface area contributed by atoms with Gasteiger partial charge in [0.25, 0.3) is 0 Å². The molecule has 2 aromatic carbocycles. The molecule has 0 saturated carbocycles. The molecule has 9 nitrogen and oxygen atoms in total. The van der Waals surface area contributed by atoms with E-state index in [0.29, 0.717) is 27.5 Å². The maximum Gasteiger partial charge on any atom is 0.412 e. The van der Waals surface area contributed by atoms with E-state index in [9.17, 15) is 19.8 Å². The number of anilines is 1. The van der Waals surface area contributed by atoms with Crippen molar-refractivity contribution in [3.8, 4) is 0 Å². The third-order valence-electron chi connectivity index (χ3n) is 4.67. The van der Waals surface area contributed by atoms with Gasteiger partial charge in [-0.2, -0.15) is 0 Å². The van der Waals surface area contributed by atoms with Gasteiger partial charge in [0.15, 0.2) is 6.29 Å². The zero-order valence-electron chi connectivity index (χ0n) is 15.9. The van der Waals surface area contributed by atoms with Crippen LogP contribution in [0.1, 0.15) is 28.0 Å². The molecule has 5 N–H and O–H groups in total. The summed E-state index contributed by atoms with van der Waals surface area (Å²) in [6.45, 7) is 0.0956. The van der Waals surface area contributed by atoms with Gasteiger partial charge < -0.3 is 29.7 Å². The molecule has 9 heteroatoms. The number of carbonyl (C=O) groups excluding carboxylic acids is 2. The van der Waals surface area contributed by atoms with Crippen molar-refractivity contribution in [2.24, 2.45) is 0 Å². The second-order valence-corrected chi connectivity index (χ2v) is 6.63. The summed E-state index contributed by atoms with van der Waals surface area (Å²) in [6, 6.07) is 14.0. The number of nitrogens with one attached hydrogen (secondary N) is 3. The van der Waals surface area contributed by atoms with Gasteiger partial charge in [0, 0.05) is 16.3 Å². The number of aliphatic hydroxyl groups excluding tert-OH is 1. The average Bonchev–Trinajstić information content (AvgIpc) is 3.37. The fraction of sp³-hybridized carbons (Fsp3) is 0.143. The molecule has 0 atom stereocenters. The van der Waals surface area contributed by atoms with E-state index < -0.39 is 18.4 Å². The fourth-order valence-electron chi connectivity index (χ4n) is 3.25. The molecule has 0 aliphatic carbocycles. The Balaban J connectivity index is 1.70. The van der Waals surface area contributed by atoms with Crippen molar-refractivity contribution in [2.75, 3.05) is 12.4 Å². The van der Waals surface area contributed by atoms with Crippen LogP contribution in [-0.2, 0) is 16.1 Å². The van der Waals surface area contributed by atoms with Crippen LogP contribution in [0.2, 0.25) is 0 Å². The van der Waals surface area contributed by atoms with Gasteiger partial charge in [-0.25, -0.2) is 9.59 Å². The zero-order valence-corrected chi connectivity index (χ0v) is 15.9. The van der Waals surface area contributed by atoms with Crippen LogP contribution in [0.3, 0.4) is 0 Å².